The van der Waals surface area contributed by atoms with Gasteiger partial charge in [0.1, 0.15) is 12.4 Å². The number of ether oxygens (including phenoxy) is 1. The van der Waals surface area contributed by atoms with Gasteiger partial charge in [-0.3, -0.25) is 24.2 Å². The maximum absolute atomic E-state index is 13.3. The van der Waals surface area contributed by atoms with E-state index < -0.39 is 11.8 Å². The molecule has 3 aromatic rings. The lowest BCUT2D eigenvalue weighted by Gasteiger charge is -2.27. The molecule has 0 saturated heterocycles. The number of halogens is 1. The molecule has 1 heterocycles. The van der Waals surface area contributed by atoms with Crippen LogP contribution < -0.4 is 9.64 Å². The second-order valence-electron chi connectivity index (χ2n) is 6.66. The Bertz CT molecular complexity index is 1090. The lowest BCUT2D eigenvalue weighted by Crippen LogP contribution is -2.44. The van der Waals surface area contributed by atoms with Gasteiger partial charge in [0.2, 0.25) is 0 Å². The number of hydrogen-bond acceptors (Lipinski definition) is 4. The van der Waals surface area contributed by atoms with Gasteiger partial charge >= 0.3 is 0 Å². The van der Waals surface area contributed by atoms with Gasteiger partial charge in [0.15, 0.2) is 0 Å². The van der Waals surface area contributed by atoms with Crippen molar-refractivity contribution < 1.29 is 19.1 Å². The van der Waals surface area contributed by atoms with E-state index >= 15 is 0 Å². The normalized spacial score (nSPS) is 12.7. The molecule has 0 saturated carbocycles. The predicted molar refractivity (Wildman–Crippen MR) is 113 cm³/mol. The second kappa shape index (κ2) is 8.00. The standard InChI is InChI=1S/C23H17ClN2O4/c1-30-18-12-10-17(11-13-18)25(21(27)15-6-8-16(24)9-7-15)14-26-22(28)19-4-2-3-5-20(19)23(26)29/h2-13H,14H2,1H3. The third kappa shape index (κ3) is 3.53. The molecule has 0 bridgehead atoms. The Morgan fingerprint density at radius 3 is 2.00 bits per heavy atom. The van der Waals surface area contributed by atoms with E-state index in [1.807, 2.05) is 0 Å². The summed E-state index contributed by atoms with van der Waals surface area (Å²) in [6.07, 6.45) is 0. The zero-order valence-corrected chi connectivity index (χ0v) is 16.8. The average molecular weight is 421 g/mol. The number of carbonyl (C=O) groups excluding carboxylic acids is 3. The van der Waals surface area contributed by atoms with Crippen LogP contribution in [0.2, 0.25) is 5.02 Å². The number of anilines is 1. The number of methoxy groups -OCH3 is 1. The van der Waals surface area contributed by atoms with E-state index in [2.05, 4.69) is 0 Å². The van der Waals surface area contributed by atoms with E-state index in [0.717, 1.165) is 4.90 Å². The summed E-state index contributed by atoms with van der Waals surface area (Å²) in [7, 11) is 1.55. The number of fused-ring (bicyclic) bond motifs is 1. The van der Waals surface area contributed by atoms with Crippen LogP contribution >= 0.6 is 11.6 Å². The van der Waals surface area contributed by atoms with E-state index in [0.29, 0.717) is 33.1 Å². The molecule has 0 spiro atoms. The van der Waals surface area contributed by atoms with Gasteiger partial charge in [0.05, 0.1) is 18.2 Å². The summed E-state index contributed by atoms with van der Waals surface area (Å²) in [5.41, 5.74) is 1.56. The Hall–Kier alpha value is -3.64. The second-order valence-corrected chi connectivity index (χ2v) is 7.10. The minimum Gasteiger partial charge on any atom is -0.497 e. The van der Waals surface area contributed by atoms with Crippen LogP contribution in [0.5, 0.6) is 5.75 Å². The number of benzene rings is 3. The lowest BCUT2D eigenvalue weighted by atomic mass is 10.1. The van der Waals surface area contributed by atoms with Crippen LogP contribution in [0.25, 0.3) is 0 Å². The van der Waals surface area contributed by atoms with E-state index in [4.69, 9.17) is 16.3 Å². The van der Waals surface area contributed by atoms with Gasteiger partial charge in [0, 0.05) is 16.3 Å². The molecule has 3 amide bonds. The Kier molecular flexibility index (Phi) is 5.25. The molecule has 0 unspecified atom stereocenters. The van der Waals surface area contributed by atoms with Crippen molar-refractivity contribution in [1.82, 2.24) is 4.90 Å². The van der Waals surface area contributed by atoms with Crippen LogP contribution in [0.3, 0.4) is 0 Å². The molecule has 4 rings (SSSR count). The van der Waals surface area contributed by atoms with Crippen molar-refractivity contribution >= 4 is 35.0 Å². The predicted octanol–water partition coefficient (Wildman–Crippen LogP) is 4.25. The smallest absolute Gasteiger partial charge is 0.263 e. The van der Waals surface area contributed by atoms with Crippen molar-refractivity contribution in [3.8, 4) is 5.75 Å². The molecule has 0 radical (unpaired) electrons. The van der Waals surface area contributed by atoms with Crippen LogP contribution in [0.15, 0.2) is 72.8 Å². The van der Waals surface area contributed by atoms with Crippen molar-refractivity contribution in [3.05, 3.63) is 94.5 Å². The van der Waals surface area contributed by atoms with Crippen molar-refractivity contribution in [3.63, 3.8) is 0 Å². The van der Waals surface area contributed by atoms with Gasteiger partial charge < -0.3 is 4.74 Å². The maximum atomic E-state index is 13.3. The quantitative estimate of drug-likeness (QED) is 0.579. The molecule has 1 aliphatic rings. The molecule has 6 nitrogen and oxygen atoms in total. The number of amides is 3. The molecule has 1 aliphatic heterocycles. The monoisotopic (exact) mass is 420 g/mol. The highest BCUT2D eigenvalue weighted by Gasteiger charge is 2.37. The summed E-state index contributed by atoms with van der Waals surface area (Å²) in [6, 6.07) is 19.9. The molecule has 0 N–H and O–H groups in total. The van der Waals surface area contributed by atoms with Gasteiger partial charge in [0.25, 0.3) is 17.7 Å². The Balaban J connectivity index is 1.70. The third-order valence-electron chi connectivity index (χ3n) is 4.88. The summed E-state index contributed by atoms with van der Waals surface area (Å²) in [6.45, 7) is -0.222. The fraction of sp³-hybridized carbons (Fsp3) is 0.0870. The van der Waals surface area contributed by atoms with Crippen molar-refractivity contribution in [2.45, 2.75) is 0 Å². The highest BCUT2D eigenvalue weighted by molar-refractivity contribution is 6.30. The SMILES string of the molecule is COc1ccc(N(CN2C(=O)c3ccccc3C2=O)C(=O)c2ccc(Cl)cc2)cc1. The molecule has 0 aliphatic carbocycles. The van der Waals surface area contributed by atoms with Crippen molar-refractivity contribution in [2.75, 3.05) is 18.7 Å². The first-order chi connectivity index (χ1) is 14.5. The van der Waals surface area contributed by atoms with Crippen LogP contribution in [0.1, 0.15) is 31.1 Å². The highest BCUT2D eigenvalue weighted by atomic mass is 35.5. The first-order valence-corrected chi connectivity index (χ1v) is 9.54. The lowest BCUT2D eigenvalue weighted by molar-refractivity contribution is 0.0650. The van der Waals surface area contributed by atoms with E-state index in [9.17, 15) is 14.4 Å². The van der Waals surface area contributed by atoms with Crippen LogP contribution in [0, 0.1) is 0 Å². The number of imide groups is 1. The number of rotatable bonds is 5. The van der Waals surface area contributed by atoms with E-state index in [1.54, 1.807) is 79.9 Å². The first-order valence-electron chi connectivity index (χ1n) is 9.16. The molecule has 0 atom stereocenters. The van der Waals surface area contributed by atoms with Gasteiger partial charge in [-0.05, 0) is 60.7 Å². The largest absolute Gasteiger partial charge is 0.497 e. The molecular formula is C23H17ClN2O4. The third-order valence-corrected chi connectivity index (χ3v) is 5.13. The summed E-state index contributed by atoms with van der Waals surface area (Å²) < 4.78 is 5.18. The van der Waals surface area contributed by atoms with E-state index in [1.165, 1.54) is 4.90 Å². The average Bonchev–Trinajstić information content (AvgIpc) is 3.02. The van der Waals surface area contributed by atoms with Crippen LogP contribution in [-0.2, 0) is 0 Å². The molecule has 0 aromatic heterocycles. The van der Waals surface area contributed by atoms with Gasteiger partial charge in [-0.2, -0.15) is 0 Å². The zero-order chi connectivity index (χ0) is 21.3. The summed E-state index contributed by atoms with van der Waals surface area (Å²) in [5.74, 6) is -0.609. The minimum absolute atomic E-state index is 0.222. The molecule has 150 valence electrons. The molecule has 0 fully saturated rings. The molecule has 7 heteroatoms. The molecule has 3 aromatic carbocycles. The summed E-state index contributed by atoms with van der Waals surface area (Å²) in [5, 5.41) is 0.503. The Labute approximate surface area is 178 Å². The first kappa shape index (κ1) is 19.7. The minimum atomic E-state index is -0.432. The molecule has 30 heavy (non-hydrogen) atoms. The fourth-order valence-electron chi connectivity index (χ4n) is 3.28. The Morgan fingerprint density at radius 2 is 1.47 bits per heavy atom. The highest BCUT2D eigenvalue weighted by Crippen LogP contribution is 2.26. The topological polar surface area (TPSA) is 66.9 Å². The number of hydrogen-bond donors (Lipinski definition) is 0. The van der Waals surface area contributed by atoms with Crippen LogP contribution in [-0.4, -0.2) is 36.4 Å². The van der Waals surface area contributed by atoms with Crippen LogP contribution in [0.4, 0.5) is 5.69 Å². The summed E-state index contributed by atoms with van der Waals surface area (Å²) >= 11 is 5.94. The molecular weight excluding hydrogens is 404 g/mol. The maximum Gasteiger partial charge on any atom is 0.263 e. The van der Waals surface area contributed by atoms with Crippen molar-refractivity contribution in [1.29, 1.82) is 0 Å². The number of carbonyl (C=O) groups is 3. The van der Waals surface area contributed by atoms with Gasteiger partial charge in [-0.1, -0.05) is 23.7 Å². The Morgan fingerprint density at radius 1 is 0.900 bits per heavy atom. The van der Waals surface area contributed by atoms with E-state index in [-0.39, 0.29) is 12.6 Å². The van der Waals surface area contributed by atoms with Crippen molar-refractivity contribution in [2.24, 2.45) is 0 Å². The summed E-state index contributed by atoms with van der Waals surface area (Å²) in [4.78, 5) is 41.4. The number of nitrogens with zero attached hydrogens (tertiary/aromatic N) is 2. The van der Waals surface area contributed by atoms with Gasteiger partial charge in [-0.15, -0.1) is 0 Å². The zero-order valence-electron chi connectivity index (χ0n) is 16.0. The fourth-order valence-corrected chi connectivity index (χ4v) is 3.41. The van der Waals surface area contributed by atoms with Gasteiger partial charge in [-0.25, -0.2) is 0 Å².